The van der Waals surface area contributed by atoms with Crippen LogP contribution >= 0.6 is 0 Å². The number of anilines is 1. The number of benzene rings is 2. The van der Waals surface area contributed by atoms with Crippen molar-refractivity contribution >= 4 is 17.6 Å². The van der Waals surface area contributed by atoms with Gasteiger partial charge in [0.1, 0.15) is 6.54 Å². The molecule has 0 spiro atoms. The van der Waals surface area contributed by atoms with Gasteiger partial charge in [0.25, 0.3) is 5.91 Å². The second kappa shape index (κ2) is 11.5. The van der Waals surface area contributed by atoms with Crippen LogP contribution in [0.25, 0.3) is 11.3 Å². The molecule has 0 aliphatic carbocycles. The Kier molecular flexibility index (Phi) is 7.55. The molecule has 1 aliphatic heterocycles. The second-order valence-electron chi connectivity index (χ2n) is 8.95. The predicted molar refractivity (Wildman–Crippen MR) is 141 cm³/mol. The van der Waals surface area contributed by atoms with Gasteiger partial charge in [0.05, 0.1) is 12.0 Å². The highest BCUT2D eigenvalue weighted by Gasteiger charge is 2.26. The van der Waals surface area contributed by atoms with E-state index in [-0.39, 0.29) is 24.1 Å². The van der Waals surface area contributed by atoms with Gasteiger partial charge in [-0.2, -0.15) is 0 Å². The van der Waals surface area contributed by atoms with Crippen LogP contribution in [0, 0.1) is 0 Å². The van der Waals surface area contributed by atoms with E-state index in [0.717, 1.165) is 22.6 Å². The van der Waals surface area contributed by atoms with Gasteiger partial charge in [-0.1, -0.05) is 60.7 Å². The summed E-state index contributed by atoms with van der Waals surface area (Å²) in [4.78, 5) is 31.8. The summed E-state index contributed by atoms with van der Waals surface area (Å²) in [6.45, 7) is 2.86. The standard InChI is InChI=1S/C29H29N5O3/c35-28(22-34(29(36)26-12-7-21-37-26)16-15-23-8-3-1-4-9-23)33-19-17-32(18-20-33)27-14-13-25(30-31-27)24-10-5-2-6-11-24/h1-14,21H,15-20,22H2. The topological polar surface area (TPSA) is 82.8 Å². The fourth-order valence-corrected chi connectivity index (χ4v) is 4.42. The lowest BCUT2D eigenvalue weighted by molar-refractivity contribution is -0.132. The van der Waals surface area contributed by atoms with E-state index in [2.05, 4.69) is 15.1 Å². The largest absolute Gasteiger partial charge is 0.459 e. The Morgan fingerprint density at radius 1 is 0.811 bits per heavy atom. The molecule has 0 atom stereocenters. The summed E-state index contributed by atoms with van der Waals surface area (Å²) in [6.07, 6.45) is 2.13. The molecule has 4 aromatic rings. The monoisotopic (exact) mass is 495 g/mol. The molecule has 0 saturated carbocycles. The first-order valence-corrected chi connectivity index (χ1v) is 12.5. The molecule has 188 valence electrons. The van der Waals surface area contributed by atoms with E-state index in [1.54, 1.807) is 17.0 Å². The summed E-state index contributed by atoms with van der Waals surface area (Å²) in [6, 6.07) is 27.1. The SMILES string of the molecule is O=C(CN(CCc1ccccc1)C(=O)c1ccco1)N1CCN(c2ccc(-c3ccccc3)nn2)CC1. The number of furan rings is 1. The molecule has 0 N–H and O–H groups in total. The number of hydrogen-bond acceptors (Lipinski definition) is 6. The summed E-state index contributed by atoms with van der Waals surface area (Å²) in [7, 11) is 0. The van der Waals surface area contributed by atoms with E-state index in [1.807, 2.05) is 77.7 Å². The van der Waals surface area contributed by atoms with Crippen LogP contribution in [0.4, 0.5) is 5.82 Å². The Morgan fingerprint density at radius 2 is 1.54 bits per heavy atom. The molecule has 1 aliphatic rings. The number of nitrogens with zero attached hydrogens (tertiary/aromatic N) is 5. The Labute approximate surface area is 216 Å². The van der Waals surface area contributed by atoms with Gasteiger partial charge in [0, 0.05) is 38.3 Å². The summed E-state index contributed by atoms with van der Waals surface area (Å²) >= 11 is 0. The number of carbonyl (C=O) groups is 2. The highest BCUT2D eigenvalue weighted by Crippen LogP contribution is 2.19. The lowest BCUT2D eigenvalue weighted by Gasteiger charge is -2.36. The average Bonchev–Trinajstić information content (AvgIpc) is 3.51. The molecular weight excluding hydrogens is 466 g/mol. The Morgan fingerprint density at radius 3 is 2.19 bits per heavy atom. The maximum Gasteiger partial charge on any atom is 0.290 e. The van der Waals surface area contributed by atoms with E-state index in [1.165, 1.54) is 6.26 Å². The third-order valence-electron chi connectivity index (χ3n) is 6.53. The fraction of sp³-hybridized carbons (Fsp3) is 0.241. The van der Waals surface area contributed by atoms with Crippen molar-refractivity contribution in [3.63, 3.8) is 0 Å². The normalized spacial score (nSPS) is 13.4. The fourth-order valence-electron chi connectivity index (χ4n) is 4.42. The van der Waals surface area contributed by atoms with Crippen molar-refractivity contribution in [2.45, 2.75) is 6.42 Å². The minimum atomic E-state index is -0.276. The van der Waals surface area contributed by atoms with E-state index >= 15 is 0 Å². The lowest BCUT2D eigenvalue weighted by atomic mass is 10.1. The van der Waals surface area contributed by atoms with Gasteiger partial charge >= 0.3 is 0 Å². The Balaban J connectivity index is 1.18. The molecule has 8 heteroatoms. The Hall–Kier alpha value is -4.46. The minimum Gasteiger partial charge on any atom is -0.459 e. The third kappa shape index (κ3) is 6.03. The van der Waals surface area contributed by atoms with Crippen LogP contribution in [0.3, 0.4) is 0 Å². The van der Waals surface area contributed by atoms with Gasteiger partial charge in [-0.3, -0.25) is 9.59 Å². The molecule has 1 fully saturated rings. The maximum absolute atomic E-state index is 13.2. The zero-order valence-corrected chi connectivity index (χ0v) is 20.6. The van der Waals surface area contributed by atoms with Crippen molar-refractivity contribution in [1.82, 2.24) is 20.0 Å². The second-order valence-corrected chi connectivity index (χ2v) is 8.95. The van der Waals surface area contributed by atoms with Crippen LogP contribution < -0.4 is 4.90 Å². The molecule has 0 unspecified atom stereocenters. The van der Waals surface area contributed by atoms with Crippen molar-refractivity contribution < 1.29 is 14.0 Å². The molecule has 0 radical (unpaired) electrons. The smallest absolute Gasteiger partial charge is 0.290 e. The molecular formula is C29H29N5O3. The van der Waals surface area contributed by atoms with E-state index in [9.17, 15) is 9.59 Å². The van der Waals surface area contributed by atoms with Crippen LogP contribution in [0.2, 0.25) is 0 Å². The first kappa shape index (κ1) is 24.2. The molecule has 3 heterocycles. The van der Waals surface area contributed by atoms with Crippen LogP contribution in [0.1, 0.15) is 16.1 Å². The summed E-state index contributed by atoms with van der Waals surface area (Å²) < 4.78 is 5.32. The summed E-state index contributed by atoms with van der Waals surface area (Å²) in [5.41, 5.74) is 2.97. The molecule has 37 heavy (non-hydrogen) atoms. The van der Waals surface area contributed by atoms with Crippen LogP contribution in [0.5, 0.6) is 0 Å². The van der Waals surface area contributed by atoms with E-state index in [4.69, 9.17) is 4.42 Å². The Bertz CT molecular complexity index is 1290. The van der Waals surface area contributed by atoms with Crippen molar-refractivity contribution in [3.05, 3.63) is 103 Å². The van der Waals surface area contributed by atoms with Gasteiger partial charge < -0.3 is 19.1 Å². The number of hydrogen-bond donors (Lipinski definition) is 0. The van der Waals surface area contributed by atoms with E-state index < -0.39 is 0 Å². The van der Waals surface area contributed by atoms with E-state index in [0.29, 0.717) is 39.1 Å². The quantitative estimate of drug-likeness (QED) is 0.370. The van der Waals surface area contributed by atoms with Crippen LogP contribution in [0.15, 0.2) is 95.6 Å². The van der Waals surface area contributed by atoms with Crippen LogP contribution in [-0.2, 0) is 11.2 Å². The molecule has 2 amide bonds. The van der Waals surface area contributed by atoms with Gasteiger partial charge in [0.15, 0.2) is 11.6 Å². The number of piperazine rings is 1. The lowest BCUT2D eigenvalue weighted by Crippen LogP contribution is -2.52. The van der Waals surface area contributed by atoms with Crippen molar-refractivity contribution in [3.8, 4) is 11.3 Å². The molecule has 0 bridgehead atoms. The van der Waals surface area contributed by atoms with Crippen molar-refractivity contribution in [2.75, 3.05) is 44.2 Å². The summed E-state index contributed by atoms with van der Waals surface area (Å²) in [5, 5.41) is 8.79. The van der Waals surface area contributed by atoms with Crippen molar-refractivity contribution in [1.29, 1.82) is 0 Å². The first-order valence-electron chi connectivity index (χ1n) is 12.5. The summed E-state index contributed by atoms with van der Waals surface area (Å²) in [5.74, 6) is 0.687. The highest BCUT2D eigenvalue weighted by atomic mass is 16.3. The molecule has 8 nitrogen and oxygen atoms in total. The molecule has 5 rings (SSSR count). The third-order valence-corrected chi connectivity index (χ3v) is 6.53. The van der Waals surface area contributed by atoms with Gasteiger partial charge in [0.2, 0.25) is 5.91 Å². The van der Waals surface area contributed by atoms with Crippen molar-refractivity contribution in [2.24, 2.45) is 0 Å². The van der Waals surface area contributed by atoms with Gasteiger partial charge in [-0.25, -0.2) is 0 Å². The molecule has 2 aromatic carbocycles. The molecule has 2 aromatic heterocycles. The highest BCUT2D eigenvalue weighted by molar-refractivity contribution is 5.94. The number of rotatable bonds is 8. The first-order chi connectivity index (χ1) is 18.2. The zero-order chi connectivity index (χ0) is 25.5. The van der Waals surface area contributed by atoms with Crippen LogP contribution in [-0.4, -0.2) is 71.1 Å². The zero-order valence-electron chi connectivity index (χ0n) is 20.6. The van der Waals surface area contributed by atoms with Gasteiger partial charge in [-0.15, -0.1) is 10.2 Å². The average molecular weight is 496 g/mol. The molecule has 1 saturated heterocycles. The number of carbonyl (C=O) groups excluding carboxylic acids is 2. The number of aromatic nitrogens is 2. The predicted octanol–water partition coefficient (Wildman–Crippen LogP) is 3.77. The minimum absolute atomic E-state index is 0.0119. The maximum atomic E-state index is 13.2. The van der Waals surface area contributed by atoms with Gasteiger partial charge in [-0.05, 0) is 36.2 Å². The number of amides is 2.